The highest BCUT2D eigenvalue weighted by Crippen LogP contribution is 2.36. The maximum atomic E-state index is 12.5. The summed E-state index contributed by atoms with van der Waals surface area (Å²) in [4.78, 5) is 18.3. The first kappa shape index (κ1) is 17.4. The van der Waals surface area contributed by atoms with Crippen LogP contribution in [0.3, 0.4) is 0 Å². The van der Waals surface area contributed by atoms with Crippen LogP contribution in [0.25, 0.3) is 10.4 Å². The second-order valence-electron chi connectivity index (χ2n) is 5.88. The van der Waals surface area contributed by atoms with Gasteiger partial charge in [-0.25, -0.2) is 4.98 Å². The summed E-state index contributed by atoms with van der Waals surface area (Å²) in [7, 11) is 1.56. The number of hydrogen-bond acceptors (Lipinski definition) is 6. The van der Waals surface area contributed by atoms with Crippen molar-refractivity contribution in [2.75, 3.05) is 20.3 Å². The molecule has 0 atom stereocenters. The summed E-state index contributed by atoms with van der Waals surface area (Å²) in [5.74, 6) is 1.88. The Morgan fingerprint density at radius 3 is 2.89 bits per heavy atom. The molecule has 6 nitrogen and oxygen atoms in total. The number of carbonyl (C=O) groups excluding carboxylic acids is 1. The number of nitrogens with one attached hydrogen (secondary N) is 1. The van der Waals surface area contributed by atoms with Crippen molar-refractivity contribution >= 4 is 17.2 Å². The Kier molecular flexibility index (Phi) is 4.93. The molecular weight excluding hydrogens is 364 g/mol. The molecule has 3 aromatic rings. The summed E-state index contributed by atoms with van der Waals surface area (Å²) >= 11 is 1.43. The van der Waals surface area contributed by atoms with Gasteiger partial charge in [0.15, 0.2) is 11.5 Å². The van der Waals surface area contributed by atoms with Crippen LogP contribution in [-0.4, -0.2) is 31.2 Å². The fraction of sp³-hybridized carbons (Fsp3) is 0.200. The second-order valence-corrected chi connectivity index (χ2v) is 6.96. The van der Waals surface area contributed by atoms with Crippen LogP contribution >= 0.6 is 11.3 Å². The number of benzene rings is 1. The third-order valence-electron chi connectivity index (χ3n) is 4.14. The normalized spacial score (nSPS) is 12.5. The molecule has 0 bridgehead atoms. The number of methoxy groups -OCH3 is 1. The van der Waals surface area contributed by atoms with E-state index in [1.807, 2.05) is 42.5 Å². The highest BCUT2D eigenvalue weighted by molar-refractivity contribution is 7.17. The topological polar surface area (TPSA) is 69.7 Å². The van der Waals surface area contributed by atoms with Gasteiger partial charge in [0.1, 0.15) is 13.2 Å². The van der Waals surface area contributed by atoms with Crippen LogP contribution in [0.15, 0.2) is 48.7 Å². The third-order valence-corrected chi connectivity index (χ3v) is 5.27. The van der Waals surface area contributed by atoms with Gasteiger partial charge < -0.3 is 19.5 Å². The Labute approximate surface area is 160 Å². The minimum Gasteiger partial charge on any atom is -0.486 e. The number of nitrogens with zero attached hydrogens (tertiary/aromatic N) is 1. The van der Waals surface area contributed by atoms with Gasteiger partial charge in [-0.2, -0.15) is 0 Å². The van der Waals surface area contributed by atoms with E-state index in [0.717, 1.165) is 27.5 Å². The molecule has 138 valence electrons. The molecule has 2 aromatic heterocycles. The van der Waals surface area contributed by atoms with Gasteiger partial charge in [0, 0.05) is 23.2 Å². The van der Waals surface area contributed by atoms with Crippen molar-refractivity contribution in [3.05, 3.63) is 59.1 Å². The van der Waals surface area contributed by atoms with Gasteiger partial charge in [-0.15, -0.1) is 11.3 Å². The number of fused-ring (bicyclic) bond motifs is 1. The number of pyridine rings is 1. The molecule has 1 aliphatic rings. The number of amides is 1. The molecule has 1 amide bonds. The molecule has 0 spiro atoms. The molecule has 0 saturated heterocycles. The quantitative estimate of drug-likeness (QED) is 0.731. The summed E-state index contributed by atoms with van der Waals surface area (Å²) in [6.07, 6.45) is 1.66. The van der Waals surface area contributed by atoms with E-state index >= 15 is 0 Å². The number of aromatic nitrogens is 1. The maximum Gasteiger partial charge on any atom is 0.261 e. The summed E-state index contributed by atoms with van der Waals surface area (Å²) in [6, 6.07) is 13.3. The average molecular weight is 382 g/mol. The van der Waals surface area contributed by atoms with Gasteiger partial charge in [-0.3, -0.25) is 4.79 Å². The molecule has 0 saturated carbocycles. The molecule has 4 rings (SSSR count). The molecule has 1 aliphatic heterocycles. The second kappa shape index (κ2) is 7.67. The van der Waals surface area contributed by atoms with E-state index < -0.39 is 0 Å². The van der Waals surface area contributed by atoms with Gasteiger partial charge in [0.2, 0.25) is 5.88 Å². The predicted molar refractivity (Wildman–Crippen MR) is 103 cm³/mol. The Bertz CT molecular complexity index is 970. The molecule has 0 aliphatic carbocycles. The molecule has 3 heterocycles. The van der Waals surface area contributed by atoms with Crippen LogP contribution in [0, 0.1) is 0 Å². The van der Waals surface area contributed by atoms with Gasteiger partial charge in [0.05, 0.1) is 12.0 Å². The zero-order valence-electron chi connectivity index (χ0n) is 14.7. The zero-order chi connectivity index (χ0) is 18.6. The van der Waals surface area contributed by atoms with E-state index in [0.29, 0.717) is 30.5 Å². The smallest absolute Gasteiger partial charge is 0.261 e. The van der Waals surface area contributed by atoms with Crippen molar-refractivity contribution in [1.82, 2.24) is 10.3 Å². The molecule has 0 radical (unpaired) electrons. The fourth-order valence-corrected chi connectivity index (χ4v) is 3.74. The van der Waals surface area contributed by atoms with Crippen LogP contribution in [0.5, 0.6) is 17.4 Å². The molecule has 0 unspecified atom stereocenters. The van der Waals surface area contributed by atoms with E-state index in [-0.39, 0.29) is 5.91 Å². The molecule has 7 heteroatoms. The van der Waals surface area contributed by atoms with Crippen molar-refractivity contribution in [2.45, 2.75) is 6.54 Å². The number of carbonyl (C=O) groups is 1. The Morgan fingerprint density at radius 1 is 1.19 bits per heavy atom. The highest BCUT2D eigenvalue weighted by Gasteiger charge is 2.15. The number of rotatable bonds is 5. The summed E-state index contributed by atoms with van der Waals surface area (Å²) in [6.45, 7) is 1.47. The minimum atomic E-state index is -0.130. The van der Waals surface area contributed by atoms with Crippen LogP contribution in [0.1, 0.15) is 15.2 Å². The van der Waals surface area contributed by atoms with E-state index in [2.05, 4.69) is 10.3 Å². The van der Waals surface area contributed by atoms with Crippen LogP contribution in [-0.2, 0) is 6.54 Å². The summed E-state index contributed by atoms with van der Waals surface area (Å²) < 4.78 is 16.4. The van der Waals surface area contributed by atoms with Gasteiger partial charge in [-0.05, 0) is 42.0 Å². The number of ether oxygens (including phenoxy) is 3. The lowest BCUT2D eigenvalue weighted by molar-refractivity contribution is 0.0954. The SMILES string of the molecule is COc1ncccc1CNC(=O)c1ccc(-c2ccc3c(c2)OCCO3)s1. The molecule has 1 N–H and O–H groups in total. The maximum absolute atomic E-state index is 12.5. The lowest BCUT2D eigenvalue weighted by Crippen LogP contribution is -2.22. The summed E-state index contributed by atoms with van der Waals surface area (Å²) in [5.41, 5.74) is 1.83. The van der Waals surface area contributed by atoms with E-state index in [1.54, 1.807) is 13.3 Å². The Morgan fingerprint density at radius 2 is 2.04 bits per heavy atom. The van der Waals surface area contributed by atoms with Crippen molar-refractivity contribution in [2.24, 2.45) is 0 Å². The zero-order valence-corrected chi connectivity index (χ0v) is 15.5. The van der Waals surface area contributed by atoms with Crippen molar-refractivity contribution in [1.29, 1.82) is 0 Å². The lowest BCUT2D eigenvalue weighted by Gasteiger charge is -2.18. The van der Waals surface area contributed by atoms with Crippen LogP contribution < -0.4 is 19.5 Å². The monoisotopic (exact) mass is 382 g/mol. The standard InChI is InChI=1S/C20H18N2O4S/c1-24-20-14(3-2-8-21-20)12-22-19(23)18-7-6-17(27-18)13-4-5-15-16(11-13)26-10-9-25-15/h2-8,11H,9-10,12H2,1H3,(H,22,23). The lowest BCUT2D eigenvalue weighted by atomic mass is 10.1. The average Bonchev–Trinajstić information content (AvgIpc) is 3.22. The predicted octanol–water partition coefficient (Wildman–Crippen LogP) is 3.52. The first-order chi connectivity index (χ1) is 13.2. The highest BCUT2D eigenvalue weighted by atomic mass is 32.1. The van der Waals surface area contributed by atoms with Gasteiger partial charge >= 0.3 is 0 Å². The molecule has 27 heavy (non-hydrogen) atoms. The molecule has 1 aromatic carbocycles. The Hall–Kier alpha value is -3.06. The van der Waals surface area contributed by atoms with Gasteiger partial charge in [-0.1, -0.05) is 6.07 Å². The first-order valence-electron chi connectivity index (χ1n) is 8.50. The van der Waals surface area contributed by atoms with E-state index in [9.17, 15) is 4.79 Å². The van der Waals surface area contributed by atoms with Crippen molar-refractivity contribution < 1.29 is 19.0 Å². The van der Waals surface area contributed by atoms with Crippen molar-refractivity contribution in [3.8, 4) is 27.8 Å². The molecular formula is C20H18N2O4S. The molecule has 0 fully saturated rings. The largest absolute Gasteiger partial charge is 0.486 e. The summed E-state index contributed by atoms with van der Waals surface area (Å²) in [5, 5.41) is 2.91. The Balaban J connectivity index is 1.46. The van der Waals surface area contributed by atoms with Crippen LogP contribution in [0.4, 0.5) is 0 Å². The third kappa shape index (κ3) is 3.73. The van der Waals surface area contributed by atoms with E-state index in [1.165, 1.54) is 11.3 Å². The fourth-order valence-electron chi connectivity index (χ4n) is 2.82. The van der Waals surface area contributed by atoms with E-state index in [4.69, 9.17) is 14.2 Å². The first-order valence-corrected chi connectivity index (χ1v) is 9.32. The van der Waals surface area contributed by atoms with Gasteiger partial charge in [0.25, 0.3) is 5.91 Å². The van der Waals surface area contributed by atoms with Crippen molar-refractivity contribution in [3.63, 3.8) is 0 Å². The van der Waals surface area contributed by atoms with Crippen LogP contribution in [0.2, 0.25) is 0 Å². The minimum absolute atomic E-state index is 0.130. The number of hydrogen-bond donors (Lipinski definition) is 1. The number of thiophene rings is 1.